The van der Waals surface area contributed by atoms with E-state index in [0.717, 1.165) is 24.4 Å². The Bertz CT molecular complexity index is 918. The van der Waals surface area contributed by atoms with Crippen LogP contribution in [0.3, 0.4) is 0 Å². The van der Waals surface area contributed by atoms with E-state index >= 15 is 0 Å². The highest BCUT2D eigenvalue weighted by molar-refractivity contribution is 7.10. The first-order chi connectivity index (χ1) is 12.7. The summed E-state index contributed by atoms with van der Waals surface area (Å²) in [4.78, 5) is 15.9. The van der Waals surface area contributed by atoms with Crippen LogP contribution in [0.5, 0.6) is 11.5 Å². The third kappa shape index (κ3) is 3.43. The molecule has 0 unspecified atom stereocenters. The average molecular weight is 369 g/mol. The summed E-state index contributed by atoms with van der Waals surface area (Å²) in [5, 5.41) is 9.13. The lowest BCUT2D eigenvalue weighted by atomic mass is 10.1. The SMILES string of the molecule is COc1cccc(OCc2cc(C(=O)N3CCc4sccc4C3)n[nH]2)c1. The molecular formula is C19H19N3O3S. The number of carbonyl (C=O) groups is 1. The molecule has 0 radical (unpaired) electrons. The first kappa shape index (κ1) is 16.7. The summed E-state index contributed by atoms with van der Waals surface area (Å²) in [5.41, 5.74) is 2.42. The maximum atomic E-state index is 12.7. The molecule has 1 N–H and O–H groups in total. The first-order valence-electron chi connectivity index (χ1n) is 8.38. The van der Waals surface area contributed by atoms with Crippen LogP contribution in [0.15, 0.2) is 41.8 Å². The molecule has 0 saturated carbocycles. The van der Waals surface area contributed by atoms with E-state index in [0.29, 0.717) is 24.6 Å². The number of methoxy groups -OCH3 is 1. The van der Waals surface area contributed by atoms with Gasteiger partial charge in [-0.25, -0.2) is 0 Å². The van der Waals surface area contributed by atoms with Crippen molar-refractivity contribution in [2.24, 2.45) is 0 Å². The van der Waals surface area contributed by atoms with Gasteiger partial charge in [-0.05, 0) is 41.6 Å². The minimum absolute atomic E-state index is 0.0502. The Kier molecular flexibility index (Phi) is 4.62. The third-order valence-corrected chi connectivity index (χ3v) is 5.40. The number of fused-ring (bicyclic) bond motifs is 1. The van der Waals surface area contributed by atoms with Gasteiger partial charge in [-0.1, -0.05) is 6.07 Å². The number of nitrogens with zero attached hydrogens (tertiary/aromatic N) is 2. The fraction of sp³-hybridized carbons (Fsp3) is 0.263. The van der Waals surface area contributed by atoms with Crippen molar-refractivity contribution in [2.45, 2.75) is 19.6 Å². The van der Waals surface area contributed by atoms with Crippen molar-refractivity contribution in [2.75, 3.05) is 13.7 Å². The fourth-order valence-electron chi connectivity index (χ4n) is 2.98. The molecule has 134 valence electrons. The lowest BCUT2D eigenvalue weighted by molar-refractivity contribution is 0.0730. The van der Waals surface area contributed by atoms with Crippen LogP contribution in [0.4, 0.5) is 0 Å². The van der Waals surface area contributed by atoms with Gasteiger partial charge in [-0.2, -0.15) is 5.10 Å². The molecule has 4 rings (SSSR count). The standard InChI is InChI=1S/C19H19N3O3S/c1-24-15-3-2-4-16(10-15)25-12-14-9-17(21-20-14)19(23)22-7-5-18-13(11-22)6-8-26-18/h2-4,6,8-10H,5,7,11-12H2,1H3,(H,20,21). The lowest BCUT2D eigenvalue weighted by Gasteiger charge is -2.26. The number of aromatic nitrogens is 2. The van der Waals surface area contributed by atoms with Gasteiger partial charge in [0.2, 0.25) is 0 Å². The molecule has 26 heavy (non-hydrogen) atoms. The number of thiophene rings is 1. The summed E-state index contributed by atoms with van der Waals surface area (Å²) >= 11 is 1.76. The second kappa shape index (κ2) is 7.21. The minimum atomic E-state index is -0.0502. The Morgan fingerprint density at radius 1 is 1.31 bits per heavy atom. The molecule has 2 aromatic heterocycles. The van der Waals surface area contributed by atoms with Gasteiger partial charge in [0.1, 0.15) is 18.1 Å². The molecular weight excluding hydrogens is 350 g/mol. The molecule has 0 saturated heterocycles. The summed E-state index contributed by atoms with van der Waals surface area (Å²) < 4.78 is 10.9. The number of amides is 1. The molecule has 1 aliphatic rings. The van der Waals surface area contributed by atoms with Crippen molar-refractivity contribution in [3.8, 4) is 11.5 Å². The fourth-order valence-corrected chi connectivity index (χ4v) is 3.87. The number of H-pyrrole nitrogens is 1. The Hall–Kier alpha value is -2.80. The van der Waals surface area contributed by atoms with E-state index in [1.54, 1.807) is 24.5 Å². The number of aromatic amines is 1. The molecule has 1 aromatic carbocycles. The highest BCUT2D eigenvalue weighted by Crippen LogP contribution is 2.25. The Morgan fingerprint density at radius 2 is 2.19 bits per heavy atom. The van der Waals surface area contributed by atoms with Crippen LogP contribution in [0.1, 0.15) is 26.6 Å². The number of rotatable bonds is 5. The number of ether oxygens (including phenoxy) is 2. The van der Waals surface area contributed by atoms with Crippen molar-refractivity contribution in [1.82, 2.24) is 15.1 Å². The minimum Gasteiger partial charge on any atom is -0.497 e. The first-order valence-corrected chi connectivity index (χ1v) is 9.26. The van der Waals surface area contributed by atoms with E-state index < -0.39 is 0 Å². The van der Waals surface area contributed by atoms with Crippen LogP contribution in [0, 0.1) is 0 Å². The van der Waals surface area contributed by atoms with Crippen LogP contribution in [-0.2, 0) is 19.6 Å². The molecule has 0 fully saturated rings. The number of benzene rings is 1. The molecule has 1 amide bonds. The zero-order valence-electron chi connectivity index (χ0n) is 14.4. The van der Waals surface area contributed by atoms with Crippen LogP contribution < -0.4 is 9.47 Å². The molecule has 3 heterocycles. The number of nitrogens with one attached hydrogen (secondary N) is 1. The molecule has 3 aromatic rings. The summed E-state index contributed by atoms with van der Waals surface area (Å²) in [5.74, 6) is 1.39. The van der Waals surface area contributed by atoms with E-state index in [1.165, 1.54) is 10.4 Å². The van der Waals surface area contributed by atoms with Crippen LogP contribution in [0.2, 0.25) is 0 Å². The van der Waals surface area contributed by atoms with Crippen LogP contribution in [-0.4, -0.2) is 34.7 Å². The molecule has 6 nitrogen and oxygen atoms in total. The smallest absolute Gasteiger partial charge is 0.274 e. The monoisotopic (exact) mass is 369 g/mol. The summed E-state index contributed by atoms with van der Waals surface area (Å²) in [6.07, 6.45) is 0.912. The van der Waals surface area contributed by atoms with E-state index in [-0.39, 0.29) is 5.91 Å². The van der Waals surface area contributed by atoms with Gasteiger partial charge in [0.05, 0.1) is 12.8 Å². The van der Waals surface area contributed by atoms with E-state index in [2.05, 4.69) is 21.6 Å². The van der Waals surface area contributed by atoms with Gasteiger partial charge in [0.15, 0.2) is 5.69 Å². The predicted octanol–water partition coefficient (Wildman–Crippen LogP) is 3.26. The normalized spacial score (nSPS) is 13.3. The molecule has 7 heteroatoms. The van der Waals surface area contributed by atoms with Crippen molar-refractivity contribution < 1.29 is 14.3 Å². The third-order valence-electron chi connectivity index (χ3n) is 4.38. The molecule has 0 aliphatic carbocycles. The quantitative estimate of drug-likeness (QED) is 0.750. The topological polar surface area (TPSA) is 67.5 Å². The largest absolute Gasteiger partial charge is 0.497 e. The second-order valence-electron chi connectivity index (χ2n) is 6.09. The lowest BCUT2D eigenvalue weighted by Crippen LogP contribution is -2.35. The second-order valence-corrected chi connectivity index (χ2v) is 7.09. The van der Waals surface area contributed by atoms with Crippen LogP contribution in [0.25, 0.3) is 0 Å². The zero-order valence-corrected chi connectivity index (χ0v) is 15.2. The summed E-state index contributed by atoms with van der Waals surface area (Å²) in [6.45, 7) is 1.69. The van der Waals surface area contributed by atoms with Crippen molar-refractivity contribution in [1.29, 1.82) is 0 Å². The van der Waals surface area contributed by atoms with Gasteiger partial charge in [-0.15, -0.1) is 11.3 Å². The van der Waals surface area contributed by atoms with Gasteiger partial charge < -0.3 is 14.4 Å². The summed E-state index contributed by atoms with van der Waals surface area (Å²) in [6, 6.07) is 11.2. The Morgan fingerprint density at radius 3 is 3.08 bits per heavy atom. The number of hydrogen-bond donors (Lipinski definition) is 1. The number of hydrogen-bond acceptors (Lipinski definition) is 5. The Balaban J connectivity index is 1.39. The van der Waals surface area contributed by atoms with Crippen LogP contribution >= 0.6 is 11.3 Å². The molecule has 0 bridgehead atoms. The predicted molar refractivity (Wildman–Crippen MR) is 98.7 cm³/mol. The maximum Gasteiger partial charge on any atom is 0.274 e. The number of carbonyl (C=O) groups excluding carboxylic acids is 1. The zero-order chi connectivity index (χ0) is 17.9. The van der Waals surface area contributed by atoms with Gasteiger partial charge in [0.25, 0.3) is 5.91 Å². The van der Waals surface area contributed by atoms with Crippen molar-refractivity contribution >= 4 is 17.2 Å². The Labute approximate surface area is 155 Å². The van der Waals surface area contributed by atoms with Crippen molar-refractivity contribution in [3.05, 3.63) is 63.6 Å². The van der Waals surface area contributed by atoms with E-state index in [4.69, 9.17) is 9.47 Å². The van der Waals surface area contributed by atoms with E-state index in [9.17, 15) is 4.79 Å². The van der Waals surface area contributed by atoms with Gasteiger partial charge in [0, 0.05) is 24.0 Å². The molecule has 0 atom stereocenters. The summed E-state index contributed by atoms with van der Waals surface area (Å²) in [7, 11) is 1.62. The van der Waals surface area contributed by atoms with E-state index in [1.807, 2.05) is 29.2 Å². The average Bonchev–Trinajstić information content (AvgIpc) is 3.34. The van der Waals surface area contributed by atoms with Gasteiger partial charge >= 0.3 is 0 Å². The van der Waals surface area contributed by atoms with Crippen molar-refractivity contribution in [3.63, 3.8) is 0 Å². The molecule has 1 aliphatic heterocycles. The highest BCUT2D eigenvalue weighted by atomic mass is 32.1. The van der Waals surface area contributed by atoms with Gasteiger partial charge in [-0.3, -0.25) is 9.89 Å². The molecule has 0 spiro atoms. The highest BCUT2D eigenvalue weighted by Gasteiger charge is 2.24. The maximum absolute atomic E-state index is 12.7.